The minimum atomic E-state index is -0.614. The summed E-state index contributed by atoms with van der Waals surface area (Å²) in [4.78, 5) is 25.8. The molecule has 1 saturated carbocycles. The molecule has 0 spiro atoms. The normalized spacial score (nSPS) is 31.9. The van der Waals surface area contributed by atoms with E-state index in [4.69, 9.17) is 18.9 Å². The Bertz CT molecular complexity index is 960. The standard InChI is InChI=1S/C22H20O6/c1-21-13-7-5-11(25-3)9-15(13)27-19(23)17(21)18-20(24)28-16-10-12(26-4)6-8-14(16)22(18,21)2/h5-10,17-18H,1-4H3. The summed E-state index contributed by atoms with van der Waals surface area (Å²) in [6, 6.07) is 11.0. The van der Waals surface area contributed by atoms with E-state index in [0.717, 1.165) is 11.1 Å². The molecule has 6 heteroatoms. The lowest BCUT2D eigenvalue weighted by atomic mass is 9.34. The molecule has 5 rings (SSSR count). The van der Waals surface area contributed by atoms with Gasteiger partial charge in [0.1, 0.15) is 23.0 Å². The lowest BCUT2D eigenvalue weighted by Gasteiger charge is -2.67. The molecule has 4 atom stereocenters. The molecule has 2 heterocycles. The van der Waals surface area contributed by atoms with Crippen LogP contribution in [0.5, 0.6) is 23.0 Å². The predicted octanol–water partition coefficient (Wildman–Crippen LogP) is 3.00. The van der Waals surface area contributed by atoms with Gasteiger partial charge in [0.05, 0.1) is 26.1 Å². The number of esters is 2. The topological polar surface area (TPSA) is 71.1 Å². The molecule has 0 bridgehead atoms. The molecule has 28 heavy (non-hydrogen) atoms. The number of hydrogen-bond acceptors (Lipinski definition) is 6. The Morgan fingerprint density at radius 2 is 1.14 bits per heavy atom. The third-order valence-electron chi connectivity index (χ3n) is 7.08. The van der Waals surface area contributed by atoms with Gasteiger partial charge in [0.15, 0.2) is 0 Å². The quantitative estimate of drug-likeness (QED) is 0.589. The molecule has 1 aliphatic carbocycles. The van der Waals surface area contributed by atoms with Gasteiger partial charge in [-0.2, -0.15) is 0 Å². The van der Waals surface area contributed by atoms with Gasteiger partial charge >= 0.3 is 11.9 Å². The first-order valence-electron chi connectivity index (χ1n) is 9.16. The van der Waals surface area contributed by atoms with Crippen molar-refractivity contribution in [3.8, 4) is 23.0 Å². The first-order chi connectivity index (χ1) is 13.4. The van der Waals surface area contributed by atoms with Crippen molar-refractivity contribution in [3.05, 3.63) is 47.5 Å². The van der Waals surface area contributed by atoms with Gasteiger partial charge in [-0.1, -0.05) is 26.0 Å². The summed E-state index contributed by atoms with van der Waals surface area (Å²) in [7, 11) is 3.14. The van der Waals surface area contributed by atoms with E-state index in [9.17, 15) is 9.59 Å². The van der Waals surface area contributed by atoms with Crippen LogP contribution in [0.1, 0.15) is 25.0 Å². The van der Waals surface area contributed by atoms with Crippen molar-refractivity contribution in [2.45, 2.75) is 24.7 Å². The smallest absolute Gasteiger partial charge is 0.316 e. The molecular weight excluding hydrogens is 360 g/mol. The van der Waals surface area contributed by atoms with Crippen LogP contribution in [0.3, 0.4) is 0 Å². The summed E-state index contributed by atoms with van der Waals surface area (Å²) in [6.07, 6.45) is 0. The minimum Gasteiger partial charge on any atom is -0.497 e. The SMILES string of the molecule is COc1ccc2c(c1)OC(=O)C1C3C(=O)Oc4cc(OC)ccc4C3(C)C21C. The molecule has 4 unspecified atom stereocenters. The van der Waals surface area contributed by atoms with Crippen molar-refractivity contribution >= 4 is 11.9 Å². The molecule has 0 saturated heterocycles. The number of fused-ring (bicyclic) bond motifs is 8. The Kier molecular flexibility index (Phi) is 3.22. The summed E-state index contributed by atoms with van der Waals surface area (Å²) in [5.74, 6) is 0.195. The highest BCUT2D eigenvalue weighted by Gasteiger charge is 2.77. The van der Waals surface area contributed by atoms with Crippen LogP contribution in [0.4, 0.5) is 0 Å². The van der Waals surface area contributed by atoms with E-state index in [1.807, 2.05) is 38.1 Å². The fourth-order valence-corrected chi connectivity index (χ4v) is 5.48. The second-order valence-electron chi connectivity index (χ2n) is 7.93. The molecule has 0 amide bonds. The molecule has 0 N–H and O–H groups in total. The zero-order valence-corrected chi connectivity index (χ0v) is 16.1. The third-order valence-corrected chi connectivity index (χ3v) is 7.08. The van der Waals surface area contributed by atoms with Crippen molar-refractivity contribution in [1.29, 1.82) is 0 Å². The molecule has 0 radical (unpaired) electrons. The largest absolute Gasteiger partial charge is 0.497 e. The zero-order chi connectivity index (χ0) is 19.8. The van der Waals surface area contributed by atoms with Crippen LogP contribution in [0.15, 0.2) is 36.4 Å². The Labute approximate surface area is 162 Å². The van der Waals surface area contributed by atoms with Gasteiger partial charge in [0, 0.05) is 34.1 Å². The lowest BCUT2D eigenvalue weighted by Crippen LogP contribution is -2.75. The Morgan fingerprint density at radius 3 is 1.50 bits per heavy atom. The van der Waals surface area contributed by atoms with E-state index in [-0.39, 0.29) is 0 Å². The maximum atomic E-state index is 12.9. The van der Waals surface area contributed by atoms with Gasteiger partial charge < -0.3 is 18.9 Å². The lowest BCUT2D eigenvalue weighted by molar-refractivity contribution is -0.186. The molecule has 2 aliphatic heterocycles. The summed E-state index contributed by atoms with van der Waals surface area (Å²) >= 11 is 0. The van der Waals surface area contributed by atoms with Crippen molar-refractivity contribution in [3.63, 3.8) is 0 Å². The van der Waals surface area contributed by atoms with Crippen LogP contribution in [0.2, 0.25) is 0 Å². The summed E-state index contributed by atoms with van der Waals surface area (Å²) in [5, 5.41) is 0. The van der Waals surface area contributed by atoms with E-state index in [2.05, 4.69) is 0 Å². The van der Waals surface area contributed by atoms with Crippen molar-refractivity contribution in [1.82, 2.24) is 0 Å². The number of benzene rings is 2. The highest BCUT2D eigenvalue weighted by molar-refractivity contribution is 5.95. The summed E-state index contributed by atoms with van der Waals surface area (Å²) < 4.78 is 21.7. The summed E-state index contributed by atoms with van der Waals surface area (Å²) in [5.41, 5.74) is 0.565. The fraction of sp³-hybridized carbons (Fsp3) is 0.364. The number of carbonyl (C=O) groups is 2. The van der Waals surface area contributed by atoms with Gasteiger partial charge in [-0.15, -0.1) is 0 Å². The molecule has 1 fully saturated rings. The van der Waals surface area contributed by atoms with Gasteiger partial charge in [-0.25, -0.2) is 0 Å². The second kappa shape index (κ2) is 5.28. The minimum absolute atomic E-state index is 0.403. The van der Waals surface area contributed by atoms with Crippen molar-refractivity contribution in [2.24, 2.45) is 11.8 Å². The molecule has 2 aromatic carbocycles. The van der Waals surface area contributed by atoms with E-state index >= 15 is 0 Å². The fourth-order valence-electron chi connectivity index (χ4n) is 5.48. The van der Waals surface area contributed by atoms with Crippen LogP contribution in [0.25, 0.3) is 0 Å². The van der Waals surface area contributed by atoms with E-state index in [1.165, 1.54) is 0 Å². The second-order valence-corrected chi connectivity index (χ2v) is 7.93. The van der Waals surface area contributed by atoms with Crippen LogP contribution in [-0.4, -0.2) is 26.2 Å². The van der Waals surface area contributed by atoms with Gasteiger partial charge in [0.2, 0.25) is 0 Å². The molecule has 0 aromatic heterocycles. The van der Waals surface area contributed by atoms with Gasteiger partial charge in [-0.3, -0.25) is 9.59 Å². The molecule has 2 aromatic rings. The van der Waals surface area contributed by atoms with Crippen molar-refractivity contribution in [2.75, 3.05) is 14.2 Å². The molecule has 6 nitrogen and oxygen atoms in total. The number of ether oxygens (including phenoxy) is 4. The third kappa shape index (κ3) is 1.74. The average Bonchev–Trinajstić information content (AvgIpc) is 2.68. The molecule has 144 valence electrons. The van der Waals surface area contributed by atoms with Crippen LogP contribution in [0, 0.1) is 11.8 Å². The highest BCUT2D eigenvalue weighted by Crippen LogP contribution is 2.71. The first-order valence-corrected chi connectivity index (χ1v) is 9.16. The highest BCUT2D eigenvalue weighted by atomic mass is 16.5. The zero-order valence-electron chi connectivity index (χ0n) is 16.1. The van der Waals surface area contributed by atoms with E-state index in [0.29, 0.717) is 23.0 Å². The summed E-state index contributed by atoms with van der Waals surface area (Å²) in [6.45, 7) is 4.07. The van der Waals surface area contributed by atoms with Crippen molar-refractivity contribution < 1.29 is 28.5 Å². The Morgan fingerprint density at radius 1 is 0.750 bits per heavy atom. The average molecular weight is 380 g/mol. The van der Waals surface area contributed by atoms with E-state index < -0.39 is 34.6 Å². The number of methoxy groups -OCH3 is 2. The van der Waals surface area contributed by atoms with Gasteiger partial charge in [0.25, 0.3) is 0 Å². The number of hydrogen-bond donors (Lipinski definition) is 0. The van der Waals surface area contributed by atoms with Crippen LogP contribution < -0.4 is 18.9 Å². The Hall–Kier alpha value is -3.02. The Balaban J connectivity index is 1.75. The monoisotopic (exact) mass is 380 g/mol. The maximum absolute atomic E-state index is 12.9. The molecule has 3 aliphatic rings. The van der Waals surface area contributed by atoms with Crippen LogP contribution >= 0.6 is 0 Å². The number of rotatable bonds is 2. The van der Waals surface area contributed by atoms with Crippen LogP contribution in [-0.2, 0) is 20.4 Å². The predicted molar refractivity (Wildman–Crippen MR) is 98.9 cm³/mol. The molecular formula is C22H20O6. The van der Waals surface area contributed by atoms with E-state index in [1.54, 1.807) is 26.4 Å². The maximum Gasteiger partial charge on any atom is 0.316 e. The first kappa shape index (κ1) is 17.1. The number of carbonyl (C=O) groups excluding carboxylic acids is 2. The van der Waals surface area contributed by atoms with Gasteiger partial charge in [-0.05, 0) is 12.1 Å².